The SMILES string of the molecule is CCNC(=NCCC1CC1)NC(C)c1ccc(F)c(F)c1.I. The van der Waals surface area contributed by atoms with Crippen molar-refractivity contribution >= 4 is 29.9 Å². The molecule has 1 aromatic carbocycles. The molecule has 3 nitrogen and oxygen atoms in total. The number of hydrogen-bond donors (Lipinski definition) is 2. The number of hydrogen-bond acceptors (Lipinski definition) is 1. The lowest BCUT2D eigenvalue weighted by Gasteiger charge is -2.18. The summed E-state index contributed by atoms with van der Waals surface area (Å²) in [7, 11) is 0. The number of nitrogens with one attached hydrogen (secondary N) is 2. The lowest BCUT2D eigenvalue weighted by molar-refractivity contribution is 0.504. The van der Waals surface area contributed by atoms with Crippen molar-refractivity contribution in [1.82, 2.24) is 10.6 Å². The Morgan fingerprint density at radius 1 is 1.32 bits per heavy atom. The minimum Gasteiger partial charge on any atom is -0.357 e. The highest BCUT2D eigenvalue weighted by Crippen LogP contribution is 2.32. The van der Waals surface area contributed by atoms with E-state index in [2.05, 4.69) is 15.6 Å². The summed E-state index contributed by atoms with van der Waals surface area (Å²) < 4.78 is 26.2. The topological polar surface area (TPSA) is 36.4 Å². The summed E-state index contributed by atoms with van der Waals surface area (Å²) >= 11 is 0. The Kier molecular flexibility index (Phi) is 8.06. The van der Waals surface area contributed by atoms with Gasteiger partial charge in [-0.15, -0.1) is 24.0 Å². The average Bonchev–Trinajstić information content (AvgIpc) is 3.26. The molecule has 2 N–H and O–H groups in total. The van der Waals surface area contributed by atoms with Crippen molar-refractivity contribution in [2.24, 2.45) is 10.9 Å². The molecular formula is C16H24F2IN3. The molecular weight excluding hydrogens is 399 g/mol. The molecule has 0 bridgehead atoms. The summed E-state index contributed by atoms with van der Waals surface area (Å²) in [4.78, 5) is 4.53. The first-order valence-electron chi connectivity index (χ1n) is 7.60. The summed E-state index contributed by atoms with van der Waals surface area (Å²) in [6, 6.07) is 3.82. The van der Waals surface area contributed by atoms with Gasteiger partial charge in [-0.25, -0.2) is 8.78 Å². The van der Waals surface area contributed by atoms with Gasteiger partial charge in [0, 0.05) is 13.1 Å². The van der Waals surface area contributed by atoms with Crippen molar-refractivity contribution in [1.29, 1.82) is 0 Å². The first-order chi connectivity index (χ1) is 10.1. The van der Waals surface area contributed by atoms with E-state index in [4.69, 9.17) is 0 Å². The molecule has 1 atom stereocenters. The molecule has 1 unspecified atom stereocenters. The van der Waals surface area contributed by atoms with Crippen LogP contribution in [0.3, 0.4) is 0 Å². The summed E-state index contributed by atoms with van der Waals surface area (Å²) in [6.07, 6.45) is 3.77. The highest BCUT2D eigenvalue weighted by Gasteiger charge is 2.20. The van der Waals surface area contributed by atoms with Gasteiger partial charge in [-0.3, -0.25) is 4.99 Å². The standard InChI is InChI=1S/C16H23F2N3.HI/c1-3-19-16(20-9-8-12-4-5-12)21-11(2)13-6-7-14(17)15(18)10-13;/h6-7,10-12H,3-5,8-9H2,1-2H3,(H2,19,20,21);1H. The largest absolute Gasteiger partial charge is 0.357 e. The third-order valence-corrected chi connectivity index (χ3v) is 3.65. The van der Waals surface area contributed by atoms with Gasteiger partial charge in [-0.2, -0.15) is 0 Å². The van der Waals surface area contributed by atoms with Crippen LogP contribution in [-0.2, 0) is 0 Å². The molecule has 0 heterocycles. The van der Waals surface area contributed by atoms with Crippen molar-refractivity contribution in [2.75, 3.05) is 13.1 Å². The van der Waals surface area contributed by atoms with Crippen molar-refractivity contribution in [3.63, 3.8) is 0 Å². The van der Waals surface area contributed by atoms with Crippen LogP contribution in [0.25, 0.3) is 0 Å². The molecule has 0 aliphatic heterocycles. The Hall–Kier alpha value is -0.920. The highest BCUT2D eigenvalue weighted by atomic mass is 127. The predicted molar refractivity (Wildman–Crippen MR) is 96.6 cm³/mol. The Morgan fingerprint density at radius 2 is 2.05 bits per heavy atom. The quantitative estimate of drug-likeness (QED) is 0.412. The number of aliphatic imine (C=N–C) groups is 1. The van der Waals surface area contributed by atoms with Crippen molar-refractivity contribution < 1.29 is 8.78 Å². The molecule has 1 aliphatic carbocycles. The molecule has 0 spiro atoms. The van der Waals surface area contributed by atoms with Crippen LogP contribution in [0.1, 0.15) is 44.7 Å². The molecule has 2 rings (SSSR count). The van der Waals surface area contributed by atoms with Crippen LogP contribution >= 0.6 is 24.0 Å². The van der Waals surface area contributed by atoms with Gasteiger partial charge in [0.05, 0.1) is 6.04 Å². The molecule has 1 aliphatic rings. The van der Waals surface area contributed by atoms with Crippen LogP contribution in [0.2, 0.25) is 0 Å². The number of rotatable bonds is 6. The van der Waals surface area contributed by atoms with Crippen LogP contribution in [-0.4, -0.2) is 19.0 Å². The van der Waals surface area contributed by atoms with Crippen LogP contribution < -0.4 is 10.6 Å². The van der Waals surface area contributed by atoms with Crippen molar-refractivity contribution in [2.45, 2.75) is 39.2 Å². The predicted octanol–water partition coefficient (Wildman–Crippen LogP) is 4.00. The van der Waals surface area contributed by atoms with Crippen molar-refractivity contribution in [3.05, 3.63) is 35.4 Å². The molecule has 1 fully saturated rings. The summed E-state index contributed by atoms with van der Waals surface area (Å²) in [5.41, 5.74) is 0.696. The van der Waals surface area contributed by atoms with E-state index < -0.39 is 11.6 Å². The molecule has 6 heteroatoms. The Balaban J connectivity index is 0.00000242. The normalized spacial score (nSPS) is 15.9. The van der Waals surface area contributed by atoms with Gasteiger partial charge in [0.15, 0.2) is 17.6 Å². The molecule has 0 aromatic heterocycles. The molecule has 124 valence electrons. The molecule has 1 saturated carbocycles. The van der Waals surface area contributed by atoms with Gasteiger partial charge >= 0.3 is 0 Å². The number of halogens is 3. The molecule has 22 heavy (non-hydrogen) atoms. The second-order valence-electron chi connectivity index (χ2n) is 5.53. The Labute approximate surface area is 148 Å². The first-order valence-corrected chi connectivity index (χ1v) is 7.60. The van der Waals surface area contributed by atoms with Crippen LogP contribution in [0.4, 0.5) is 8.78 Å². The molecule has 1 aromatic rings. The number of guanidine groups is 1. The smallest absolute Gasteiger partial charge is 0.191 e. The van der Waals surface area contributed by atoms with E-state index in [1.807, 2.05) is 13.8 Å². The third kappa shape index (κ3) is 6.06. The highest BCUT2D eigenvalue weighted by molar-refractivity contribution is 14.0. The minimum atomic E-state index is -0.823. The van der Waals surface area contributed by atoms with E-state index in [1.165, 1.54) is 18.9 Å². The van der Waals surface area contributed by atoms with Crippen molar-refractivity contribution in [3.8, 4) is 0 Å². The van der Waals surface area contributed by atoms with E-state index in [0.29, 0.717) is 5.56 Å². The Bertz CT molecular complexity index is 504. The summed E-state index contributed by atoms with van der Waals surface area (Å²) in [5, 5.41) is 6.40. The fourth-order valence-electron chi connectivity index (χ4n) is 2.16. The van der Waals surface area contributed by atoms with Gasteiger partial charge < -0.3 is 10.6 Å². The zero-order valence-corrected chi connectivity index (χ0v) is 15.4. The monoisotopic (exact) mass is 423 g/mol. The van der Waals surface area contributed by atoms with E-state index in [1.54, 1.807) is 6.07 Å². The van der Waals surface area contributed by atoms with Gasteiger partial charge in [-0.05, 0) is 43.9 Å². The number of nitrogens with zero attached hydrogens (tertiary/aromatic N) is 1. The summed E-state index contributed by atoms with van der Waals surface area (Å²) in [6.45, 7) is 5.46. The third-order valence-electron chi connectivity index (χ3n) is 3.65. The molecule has 0 radical (unpaired) electrons. The van der Waals surface area contributed by atoms with Crippen LogP contribution in [0, 0.1) is 17.6 Å². The zero-order valence-electron chi connectivity index (χ0n) is 13.0. The Morgan fingerprint density at radius 3 is 2.64 bits per heavy atom. The lowest BCUT2D eigenvalue weighted by Crippen LogP contribution is -2.38. The first kappa shape index (κ1) is 19.1. The van der Waals surface area contributed by atoms with E-state index in [-0.39, 0.29) is 30.0 Å². The maximum absolute atomic E-state index is 13.3. The maximum atomic E-state index is 13.3. The average molecular weight is 423 g/mol. The molecule has 0 saturated heterocycles. The van der Waals surface area contributed by atoms with Gasteiger partial charge in [0.25, 0.3) is 0 Å². The zero-order chi connectivity index (χ0) is 15.2. The second kappa shape index (κ2) is 9.27. The minimum absolute atomic E-state index is 0. The maximum Gasteiger partial charge on any atom is 0.191 e. The van der Waals surface area contributed by atoms with E-state index in [9.17, 15) is 8.78 Å². The van der Waals surface area contributed by atoms with Crippen LogP contribution in [0.15, 0.2) is 23.2 Å². The fraction of sp³-hybridized carbons (Fsp3) is 0.562. The van der Waals surface area contributed by atoms with Gasteiger partial charge in [-0.1, -0.05) is 18.9 Å². The summed E-state index contributed by atoms with van der Waals surface area (Å²) in [5.74, 6) is -0.0802. The van der Waals surface area contributed by atoms with Crippen LogP contribution in [0.5, 0.6) is 0 Å². The fourth-order valence-corrected chi connectivity index (χ4v) is 2.16. The van der Waals surface area contributed by atoms with E-state index in [0.717, 1.165) is 37.5 Å². The van der Waals surface area contributed by atoms with E-state index >= 15 is 0 Å². The molecule has 0 amide bonds. The second-order valence-corrected chi connectivity index (χ2v) is 5.53. The lowest BCUT2D eigenvalue weighted by atomic mass is 10.1. The number of benzene rings is 1. The van der Waals surface area contributed by atoms with Gasteiger partial charge in [0.2, 0.25) is 0 Å². The van der Waals surface area contributed by atoms with Gasteiger partial charge in [0.1, 0.15) is 0 Å².